The van der Waals surface area contributed by atoms with E-state index in [1.165, 1.54) is 0 Å². The first kappa shape index (κ1) is 12.6. The lowest BCUT2D eigenvalue weighted by Gasteiger charge is -2.16. The van der Waals surface area contributed by atoms with E-state index in [9.17, 15) is 4.79 Å². The van der Waals surface area contributed by atoms with Gasteiger partial charge in [0.1, 0.15) is 5.92 Å². The van der Waals surface area contributed by atoms with E-state index >= 15 is 0 Å². The first-order valence-electron chi connectivity index (χ1n) is 5.65. The van der Waals surface area contributed by atoms with Crippen molar-refractivity contribution in [1.82, 2.24) is 15.2 Å². The summed E-state index contributed by atoms with van der Waals surface area (Å²) in [5, 5.41) is 23.4. The van der Waals surface area contributed by atoms with Crippen LogP contribution in [0.1, 0.15) is 22.7 Å². The molecule has 94 valence electrons. The first-order valence-corrected chi connectivity index (χ1v) is 5.65. The van der Waals surface area contributed by atoms with E-state index in [-0.39, 0.29) is 5.56 Å². The van der Waals surface area contributed by atoms with Crippen molar-refractivity contribution in [3.8, 4) is 12.1 Å². The lowest BCUT2D eigenvalue weighted by Crippen LogP contribution is -2.19. The van der Waals surface area contributed by atoms with Crippen LogP contribution in [0.3, 0.4) is 0 Å². The molecule has 1 atom stereocenters. The SMILES string of the molecule is Cc1[nH][nH]c(=O)c1C(c1cccnc1)C(C#N)C#N. The molecule has 19 heavy (non-hydrogen) atoms. The maximum absolute atomic E-state index is 11.9. The molecule has 2 aromatic rings. The summed E-state index contributed by atoms with van der Waals surface area (Å²) in [5.74, 6) is -1.56. The van der Waals surface area contributed by atoms with Gasteiger partial charge in [0, 0.05) is 29.6 Å². The van der Waals surface area contributed by atoms with Crippen LogP contribution in [0.5, 0.6) is 0 Å². The third-order valence-electron chi connectivity index (χ3n) is 2.98. The summed E-state index contributed by atoms with van der Waals surface area (Å²) in [7, 11) is 0. The standard InChI is InChI=1S/C13H11N5O/c1-8-11(13(19)18-17-8)12(10(5-14)6-15)9-3-2-4-16-7-9/h2-4,7,10,12H,1H3,(H2,17,18,19). The molecule has 0 fully saturated rings. The van der Waals surface area contributed by atoms with E-state index in [1.807, 2.05) is 12.1 Å². The zero-order chi connectivity index (χ0) is 13.8. The molecule has 2 N–H and O–H groups in total. The lowest BCUT2D eigenvalue weighted by molar-refractivity contribution is 0.697. The maximum atomic E-state index is 11.9. The van der Waals surface area contributed by atoms with Crippen molar-refractivity contribution in [1.29, 1.82) is 10.5 Å². The summed E-state index contributed by atoms with van der Waals surface area (Å²) in [4.78, 5) is 15.8. The van der Waals surface area contributed by atoms with Gasteiger partial charge in [-0.25, -0.2) is 0 Å². The van der Waals surface area contributed by atoms with Gasteiger partial charge < -0.3 is 5.10 Å². The number of hydrogen-bond acceptors (Lipinski definition) is 4. The number of aromatic nitrogens is 3. The second-order valence-electron chi connectivity index (χ2n) is 4.12. The Balaban J connectivity index is 2.64. The molecule has 2 heterocycles. The molecule has 0 amide bonds. The van der Waals surface area contributed by atoms with Crippen molar-refractivity contribution < 1.29 is 0 Å². The normalized spacial score (nSPS) is 11.8. The zero-order valence-corrected chi connectivity index (χ0v) is 10.2. The molecule has 0 aliphatic heterocycles. The van der Waals surface area contributed by atoms with E-state index in [1.54, 1.807) is 31.5 Å². The summed E-state index contributed by atoms with van der Waals surface area (Å²) >= 11 is 0. The Bertz CT molecular complexity index is 687. The highest BCUT2D eigenvalue weighted by molar-refractivity contribution is 5.36. The molecule has 1 unspecified atom stereocenters. The molecule has 6 heteroatoms. The number of rotatable bonds is 3. The van der Waals surface area contributed by atoms with Gasteiger partial charge in [-0.1, -0.05) is 6.07 Å². The van der Waals surface area contributed by atoms with Gasteiger partial charge in [0.15, 0.2) is 0 Å². The summed E-state index contributed by atoms with van der Waals surface area (Å²) in [6, 6.07) is 7.34. The molecule has 0 spiro atoms. The highest BCUT2D eigenvalue weighted by atomic mass is 16.1. The van der Waals surface area contributed by atoms with Crippen LogP contribution in [0.25, 0.3) is 0 Å². The molecule has 2 rings (SSSR count). The van der Waals surface area contributed by atoms with E-state index in [0.29, 0.717) is 16.8 Å². The van der Waals surface area contributed by atoms with Gasteiger partial charge >= 0.3 is 0 Å². The van der Waals surface area contributed by atoms with Crippen molar-refractivity contribution in [3.05, 3.63) is 51.7 Å². The van der Waals surface area contributed by atoms with Crippen LogP contribution in [0.4, 0.5) is 0 Å². The fraction of sp³-hybridized carbons (Fsp3) is 0.231. The van der Waals surface area contributed by atoms with Crippen molar-refractivity contribution in [2.75, 3.05) is 0 Å². The molecule has 0 aromatic carbocycles. The lowest BCUT2D eigenvalue weighted by atomic mass is 9.83. The first-order chi connectivity index (χ1) is 9.19. The summed E-state index contributed by atoms with van der Waals surface area (Å²) in [6.07, 6.45) is 3.17. The summed E-state index contributed by atoms with van der Waals surface area (Å²) < 4.78 is 0. The van der Waals surface area contributed by atoms with Crippen LogP contribution in [-0.4, -0.2) is 15.2 Å². The molecular weight excluding hydrogens is 242 g/mol. The van der Waals surface area contributed by atoms with Crippen LogP contribution in [0.2, 0.25) is 0 Å². The Morgan fingerprint density at radius 1 is 1.32 bits per heavy atom. The van der Waals surface area contributed by atoms with Crippen LogP contribution < -0.4 is 5.56 Å². The molecule has 0 aliphatic carbocycles. The molecule has 0 radical (unpaired) electrons. The molecule has 0 aliphatic rings. The van der Waals surface area contributed by atoms with Gasteiger partial charge in [-0.05, 0) is 18.6 Å². The monoisotopic (exact) mass is 253 g/mol. The van der Waals surface area contributed by atoms with Gasteiger partial charge in [-0.3, -0.25) is 14.9 Å². The van der Waals surface area contributed by atoms with E-state index in [4.69, 9.17) is 10.5 Å². The largest absolute Gasteiger partial charge is 0.302 e. The number of pyridine rings is 1. The van der Waals surface area contributed by atoms with Crippen molar-refractivity contribution in [3.63, 3.8) is 0 Å². The molecule has 0 bridgehead atoms. The Morgan fingerprint density at radius 2 is 2.05 bits per heavy atom. The Morgan fingerprint density at radius 3 is 2.53 bits per heavy atom. The highest BCUT2D eigenvalue weighted by Crippen LogP contribution is 2.30. The second kappa shape index (κ2) is 5.19. The Labute approximate surface area is 109 Å². The quantitative estimate of drug-likeness (QED) is 0.856. The topological polar surface area (TPSA) is 109 Å². The zero-order valence-electron chi connectivity index (χ0n) is 10.2. The number of nitriles is 2. The maximum Gasteiger partial charge on any atom is 0.268 e. The highest BCUT2D eigenvalue weighted by Gasteiger charge is 2.29. The number of hydrogen-bond donors (Lipinski definition) is 2. The number of nitrogens with one attached hydrogen (secondary N) is 2. The van der Waals surface area contributed by atoms with Crippen LogP contribution in [0, 0.1) is 35.5 Å². The average Bonchev–Trinajstić information content (AvgIpc) is 2.77. The van der Waals surface area contributed by atoms with Gasteiger partial charge in [0.05, 0.1) is 12.1 Å². The Kier molecular flexibility index (Phi) is 3.44. The van der Waals surface area contributed by atoms with Crippen LogP contribution >= 0.6 is 0 Å². The van der Waals surface area contributed by atoms with Crippen LogP contribution in [0.15, 0.2) is 29.3 Å². The molecule has 6 nitrogen and oxygen atoms in total. The van der Waals surface area contributed by atoms with Gasteiger partial charge in [-0.2, -0.15) is 10.5 Å². The smallest absolute Gasteiger partial charge is 0.268 e. The van der Waals surface area contributed by atoms with E-state index in [2.05, 4.69) is 15.2 Å². The minimum Gasteiger partial charge on any atom is -0.302 e. The Hall–Kier alpha value is -2.86. The minimum absolute atomic E-state index is 0.318. The van der Waals surface area contributed by atoms with E-state index < -0.39 is 11.8 Å². The molecule has 0 saturated carbocycles. The number of H-pyrrole nitrogens is 2. The predicted octanol–water partition coefficient (Wildman–Crippen LogP) is 1.20. The van der Waals surface area contributed by atoms with Gasteiger partial charge in [-0.15, -0.1) is 0 Å². The summed E-state index contributed by atoms with van der Waals surface area (Å²) in [6.45, 7) is 1.72. The fourth-order valence-corrected chi connectivity index (χ4v) is 2.09. The summed E-state index contributed by atoms with van der Waals surface area (Å²) in [5.41, 5.74) is 1.38. The third-order valence-corrected chi connectivity index (χ3v) is 2.98. The van der Waals surface area contributed by atoms with E-state index in [0.717, 1.165) is 0 Å². The third kappa shape index (κ3) is 2.24. The minimum atomic E-state index is -0.945. The van der Waals surface area contributed by atoms with Crippen molar-refractivity contribution in [2.24, 2.45) is 5.92 Å². The fourth-order valence-electron chi connectivity index (χ4n) is 2.09. The molecule has 0 saturated heterocycles. The molecule has 2 aromatic heterocycles. The molecular formula is C13H11N5O. The number of nitrogens with zero attached hydrogens (tertiary/aromatic N) is 3. The van der Waals surface area contributed by atoms with Crippen molar-refractivity contribution in [2.45, 2.75) is 12.8 Å². The van der Waals surface area contributed by atoms with Crippen molar-refractivity contribution >= 4 is 0 Å². The average molecular weight is 253 g/mol. The predicted molar refractivity (Wildman–Crippen MR) is 66.9 cm³/mol. The number of aromatic amines is 2. The van der Waals surface area contributed by atoms with Crippen LogP contribution in [-0.2, 0) is 0 Å². The van der Waals surface area contributed by atoms with Gasteiger partial charge in [0.25, 0.3) is 5.56 Å². The second-order valence-corrected chi connectivity index (χ2v) is 4.12. The van der Waals surface area contributed by atoms with Gasteiger partial charge in [0.2, 0.25) is 0 Å². The number of aryl methyl sites for hydroxylation is 1.